The van der Waals surface area contributed by atoms with Gasteiger partial charge in [-0.15, -0.1) is 13.2 Å². The summed E-state index contributed by atoms with van der Waals surface area (Å²) in [5.41, 5.74) is 9.08. The molecule has 0 atom stereocenters. The van der Waals surface area contributed by atoms with Crippen LogP contribution in [0.2, 0.25) is 0 Å². The van der Waals surface area contributed by atoms with Gasteiger partial charge in [-0.05, 0) is 43.3 Å². The summed E-state index contributed by atoms with van der Waals surface area (Å²) in [4.78, 5) is 8.61. The van der Waals surface area contributed by atoms with E-state index >= 15 is 0 Å². The highest BCUT2D eigenvalue weighted by Crippen LogP contribution is 2.24. The summed E-state index contributed by atoms with van der Waals surface area (Å²) in [7, 11) is 0. The maximum absolute atomic E-state index is 12.2. The molecule has 3 N–H and O–H groups in total. The zero-order valence-electron chi connectivity index (χ0n) is 15.5. The minimum Gasteiger partial charge on any atom is -0.444 e. The predicted molar refractivity (Wildman–Crippen MR) is 104 cm³/mol. The number of oxazole rings is 1. The van der Waals surface area contributed by atoms with E-state index in [4.69, 9.17) is 10.2 Å². The van der Waals surface area contributed by atoms with Gasteiger partial charge in [0.2, 0.25) is 5.89 Å². The lowest BCUT2D eigenvalue weighted by molar-refractivity contribution is -0.274. The molecule has 0 aliphatic heterocycles. The van der Waals surface area contributed by atoms with Crippen LogP contribution < -0.4 is 15.8 Å². The summed E-state index contributed by atoms with van der Waals surface area (Å²) in [5.74, 6) is 0.363. The first-order valence-electron chi connectivity index (χ1n) is 8.73. The first-order chi connectivity index (χ1) is 13.8. The smallest absolute Gasteiger partial charge is 0.444 e. The summed E-state index contributed by atoms with van der Waals surface area (Å²) >= 11 is 0. The van der Waals surface area contributed by atoms with Crippen LogP contribution in [0.5, 0.6) is 5.75 Å². The van der Waals surface area contributed by atoms with Gasteiger partial charge in [-0.25, -0.2) is 4.98 Å². The molecule has 152 valence electrons. The van der Waals surface area contributed by atoms with Gasteiger partial charge in [-0.2, -0.15) is 0 Å². The van der Waals surface area contributed by atoms with Gasteiger partial charge < -0.3 is 20.2 Å². The Hall–Kier alpha value is -3.49. The topological polar surface area (TPSA) is 85.7 Å². The van der Waals surface area contributed by atoms with Gasteiger partial charge in [0.05, 0.1) is 5.69 Å². The number of ether oxygens (including phenoxy) is 1. The van der Waals surface area contributed by atoms with E-state index in [2.05, 4.69) is 20.0 Å². The molecule has 0 spiro atoms. The number of aliphatic imine (C=N–C) groups is 1. The fourth-order valence-corrected chi connectivity index (χ4v) is 2.47. The molecule has 3 aromatic rings. The van der Waals surface area contributed by atoms with Crippen LogP contribution in [-0.2, 0) is 6.42 Å². The highest BCUT2D eigenvalue weighted by atomic mass is 19.4. The second-order valence-electron chi connectivity index (χ2n) is 6.22. The van der Waals surface area contributed by atoms with Gasteiger partial charge >= 0.3 is 6.36 Å². The Labute approximate surface area is 165 Å². The third kappa shape index (κ3) is 6.27. The largest absolute Gasteiger partial charge is 0.573 e. The Morgan fingerprint density at radius 2 is 1.83 bits per heavy atom. The molecule has 0 bridgehead atoms. The second kappa shape index (κ2) is 8.68. The number of aromatic nitrogens is 1. The van der Waals surface area contributed by atoms with E-state index in [1.807, 2.05) is 31.2 Å². The second-order valence-corrected chi connectivity index (χ2v) is 6.22. The zero-order chi connectivity index (χ0) is 20.9. The van der Waals surface area contributed by atoms with E-state index < -0.39 is 6.36 Å². The number of anilines is 1. The quantitative estimate of drug-likeness (QED) is 0.466. The molecule has 2 aromatic carbocycles. The van der Waals surface area contributed by atoms with Crippen molar-refractivity contribution in [2.24, 2.45) is 10.7 Å². The number of nitrogens with two attached hydrogens (primary N) is 1. The van der Waals surface area contributed by atoms with Crippen molar-refractivity contribution in [1.29, 1.82) is 0 Å². The van der Waals surface area contributed by atoms with Gasteiger partial charge in [0.1, 0.15) is 12.0 Å². The lowest BCUT2D eigenvalue weighted by atomic mass is 10.1. The van der Waals surface area contributed by atoms with Crippen LogP contribution in [0.4, 0.5) is 18.9 Å². The van der Waals surface area contributed by atoms with Gasteiger partial charge in [-0.3, -0.25) is 4.99 Å². The summed E-state index contributed by atoms with van der Waals surface area (Å²) in [6, 6.07) is 13.0. The predicted octanol–water partition coefficient (Wildman–Crippen LogP) is 4.52. The summed E-state index contributed by atoms with van der Waals surface area (Å²) in [5, 5.41) is 2.80. The minimum atomic E-state index is -4.73. The summed E-state index contributed by atoms with van der Waals surface area (Å²) in [6.07, 6.45) is -2.63. The van der Waals surface area contributed by atoms with Crippen molar-refractivity contribution in [2.45, 2.75) is 19.7 Å². The van der Waals surface area contributed by atoms with Gasteiger partial charge in [0, 0.05) is 24.2 Å². The standard InChI is InChI=1S/C20H19F3N4O2/c1-13-2-4-14(5-3-13)18-26-16(12-28-18)10-11-25-19(24)27-15-6-8-17(9-7-15)29-20(21,22)23/h2-9,12H,10-11H2,1H3,(H3,24,25,27). The molecule has 0 aliphatic rings. The third-order valence-electron chi connectivity index (χ3n) is 3.86. The Bertz CT molecular complexity index is 965. The lowest BCUT2D eigenvalue weighted by Crippen LogP contribution is -2.23. The number of halogens is 3. The molecule has 0 unspecified atom stereocenters. The minimum absolute atomic E-state index is 0.136. The molecule has 9 heteroatoms. The van der Waals surface area contributed by atoms with Crippen LogP contribution in [0, 0.1) is 6.92 Å². The Kier molecular flexibility index (Phi) is 6.06. The number of benzene rings is 2. The van der Waals surface area contributed by atoms with E-state index in [9.17, 15) is 13.2 Å². The molecule has 0 radical (unpaired) electrons. The van der Waals surface area contributed by atoms with Gasteiger partial charge in [0.15, 0.2) is 5.96 Å². The number of guanidine groups is 1. The molecule has 3 rings (SSSR count). The lowest BCUT2D eigenvalue weighted by Gasteiger charge is -2.10. The fraction of sp³-hybridized carbons (Fsp3) is 0.200. The summed E-state index contributed by atoms with van der Waals surface area (Å²) in [6.45, 7) is 2.37. The number of alkyl halides is 3. The molecule has 0 saturated heterocycles. The SMILES string of the molecule is Cc1ccc(-c2nc(CCN=C(N)Nc3ccc(OC(F)(F)F)cc3)co2)cc1. The Morgan fingerprint density at radius 1 is 1.14 bits per heavy atom. The first-order valence-corrected chi connectivity index (χ1v) is 8.73. The first kappa shape index (κ1) is 20.2. The molecule has 0 amide bonds. The van der Waals surface area contributed by atoms with E-state index in [-0.39, 0.29) is 11.7 Å². The average Bonchev–Trinajstić information content (AvgIpc) is 3.12. The van der Waals surface area contributed by atoms with Crippen LogP contribution in [0.15, 0.2) is 64.2 Å². The van der Waals surface area contributed by atoms with Crippen LogP contribution in [-0.4, -0.2) is 23.9 Å². The van der Waals surface area contributed by atoms with Crippen molar-refractivity contribution in [3.63, 3.8) is 0 Å². The molecule has 1 heterocycles. The number of nitrogens with zero attached hydrogens (tertiary/aromatic N) is 2. The van der Waals surface area contributed by atoms with Crippen LogP contribution in [0.25, 0.3) is 11.5 Å². The van der Waals surface area contributed by atoms with Crippen LogP contribution in [0.3, 0.4) is 0 Å². The van der Waals surface area contributed by atoms with Crippen molar-refractivity contribution in [3.05, 3.63) is 66.1 Å². The van der Waals surface area contributed by atoms with Crippen molar-refractivity contribution in [1.82, 2.24) is 4.98 Å². The van der Waals surface area contributed by atoms with E-state index in [0.717, 1.165) is 16.8 Å². The fourth-order valence-electron chi connectivity index (χ4n) is 2.47. The molecule has 6 nitrogen and oxygen atoms in total. The van der Waals surface area contributed by atoms with Crippen molar-refractivity contribution in [2.75, 3.05) is 11.9 Å². The molecule has 0 saturated carbocycles. The van der Waals surface area contributed by atoms with Crippen LogP contribution >= 0.6 is 0 Å². The molecule has 1 aromatic heterocycles. The molecule has 0 fully saturated rings. The Morgan fingerprint density at radius 3 is 2.48 bits per heavy atom. The zero-order valence-corrected chi connectivity index (χ0v) is 15.5. The maximum Gasteiger partial charge on any atom is 0.573 e. The van der Waals surface area contributed by atoms with Crippen LogP contribution in [0.1, 0.15) is 11.3 Å². The maximum atomic E-state index is 12.2. The number of aryl methyl sites for hydroxylation is 1. The molecular weight excluding hydrogens is 385 g/mol. The number of rotatable bonds is 6. The number of hydrogen-bond acceptors (Lipinski definition) is 4. The molecule has 0 aliphatic carbocycles. The highest BCUT2D eigenvalue weighted by Gasteiger charge is 2.30. The Balaban J connectivity index is 1.51. The third-order valence-corrected chi connectivity index (χ3v) is 3.86. The molecule has 29 heavy (non-hydrogen) atoms. The van der Waals surface area contributed by atoms with E-state index in [0.29, 0.717) is 24.5 Å². The highest BCUT2D eigenvalue weighted by molar-refractivity contribution is 5.92. The van der Waals surface area contributed by atoms with Crippen molar-refractivity contribution < 1.29 is 22.3 Å². The molecular formula is C20H19F3N4O2. The summed E-state index contributed by atoms with van der Waals surface area (Å²) < 4.78 is 45.8. The normalized spacial score (nSPS) is 12.1. The van der Waals surface area contributed by atoms with Gasteiger partial charge in [0.25, 0.3) is 0 Å². The van der Waals surface area contributed by atoms with E-state index in [1.54, 1.807) is 6.26 Å². The van der Waals surface area contributed by atoms with E-state index in [1.165, 1.54) is 24.3 Å². The number of nitrogens with one attached hydrogen (secondary N) is 1. The van der Waals surface area contributed by atoms with Gasteiger partial charge in [-0.1, -0.05) is 17.7 Å². The number of hydrogen-bond donors (Lipinski definition) is 2. The monoisotopic (exact) mass is 404 g/mol. The average molecular weight is 404 g/mol. The van der Waals surface area contributed by atoms with Crippen molar-refractivity contribution >= 4 is 11.6 Å². The van der Waals surface area contributed by atoms with Crippen molar-refractivity contribution in [3.8, 4) is 17.2 Å².